The molecule has 0 heterocycles. The van der Waals surface area contributed by atoms with E-state index < -0.39 is 46.4 Å². The largest absolute Gasteiger partial charge is 0.394 e. The van der Waals surface area contributed by atoms with Gasteiger partial charge in [0.05, 0.1) is 11.5 Å². The zero-order valence-corrected chi connectivity index (χ0v) is 9.31. The van der Waals surface area contributed by atoms with Crippen LogP contribution in [-0.2, 0) is 0 Å². The maximum Gasteiger partial charge on any atom is 0.305 e. The van der Waals surface area contributed by atoms with Gasteiger partial charge in [0, 0.05) is 12.1 Å². The Kier molecular flexibility index (Phi) is 4.27. The summed E-state index contributed by atoms with van der Waals surface area (Å²) in [6.07, 6.45) is 0. The van der Waals surface area contributed by atoms with Crippen LogP contribution in [0.5, 0.6) is 0 Å². The Morgan fingerprint density at radius 1 is 1.56 bits per heavy atom. The number of amides is 1. The number of nitro groups is 1. The molecule has 0 spiro atoms. The summed E-state index contributed by atoms with van der Waals surface area (Å²) < 4.78 is 26.9. The number of carbonyl (C=O) groups excluding carboxylic acids is 1. The van der Waals surface area contributed by atoms with E-state index in [1.807, 2.05) is 0 Å². The number of nitrogens with zero attached hydrogens (tertiary/aromatic N) is 1. The van der Waals surface area contributed by atoms with Gasteiger partial charge in [0.2, 0.25) is 5.82 Å². The van der Waals surface area contributed by atoms with Gasteiger partial charge in [-0.1, -0.05) is 0 Å². The monoisotopic (exact) mass is 260 g/mol. The molecule has 0 saturated heterocycles. The van der Waals surface area contributed by atoms with Crippen molar-refractivity contribution in [1.82, 2.24) is 5.32 Å². The molecule has 2 N–H and O–H groups in total. The number of nitro benzene ring substituents is 1. The highest BCUT2D eigenvalue weighted by Crippen LogP contribution is 2.22. The predicted octanol–water partition coefficient (Wildman–Crippen LogP) is 0.984. The van der Waals surface area contributed by atoms with Gasteiger partial charge < -0.3 is 10.4 Å². The maximum atomic E-state index is 13.6. The Labute approximate surface area is 100 Å². The summed E-state index contributed by atoms with van der Waals surface area (Å²) in [6.45, 7) is 0.981. The molecule has 1 rings (SSSR count). The fraction of sp³-hybridized carbons (Fsp3) is 0.300. The quantitative estimate of drug-likeness (QED) is 0.623. The normalized spacial score (nSPS) is 12.0. The third-order valence-electron chi connectivity index (χ3n) is 2.15. The second-order valence-electron chi connectivity index (χ2n) is 3.57. The average Bonchev–Trinajstić information content (AvgIpc) is 2.28. The highest BCUT2D eigenvalue weighted by Gasteiger charge is 2.26. The number of hydrogen-bond acceptors (Lipinski definition) is 4. The van der Waals surface area contributed by atoms with E-state index in [0.717, 1.165) is 0 Å². The second-order valence-corrected chi connectivity index (χ2v) is 3.57. The van der Waals surface area contributed by atoms with Gasteiger partial charge in [-0.05, 0) is 13.0 Å². The topological polar surface area (TPSA) is 92.5 Å². The highest BCUT2D eigenvalue weighted by molar-refractivity contribution is 5.95. The molecule has 1 amide bonds. The lowest BCUT2D eigenvalue weighted by Crippen LogP contribution is -2.36. The van der Waals surface area contributed by atoms with Gasteiger partial charge in [-0.2, -0.15) is 4.39 Å². The smallest absolute Gasteiger partial charge is 0.305 e. The van der Waals surface area contributed by atoms with Crippen molar-refractivity contribution in [1.29, 1.82) is 0 Å². The van der Waals surface area contributed by atoms with Crippen molar-refractivity contribution in [3.05, 3.63) is 39.4 Å². The van der Waals surface area contributed by atoms with Gasteiger partial charge in [-0.25, -0.2) is 4.39 Å². The van der Waals surface area contributed by atoms with Crippen LogP contribution in [0.2, 0.25) is 0 Å². The van der Waals surface area contributed by atoms with Gasteiger partial charge >= 0.3 is 5.69 Å². The molecule has 1 atom stereocenters. The Hall–Kier alpha value is -2.09. The number of nitrogens with one attached hydrogen (secondary N) is 1. The Bertz CT molecular complexity index is 493. The number of rotatable bonds is 4. The summed E-state index contributed by atoms with van der Waals surface area (Å²) in [5, 5.41) is 21.3. The number of benzene rings is 1. The van der Waals surface area contributed by atoms with Gasteiger partial charge in [0.15, 0.2) is 0 Å². The van der Waals surface area contributed by atoms with Crippen LogP contribution in [0.4, 0.5) is 14.5 Å². The van der Waals surface area contributed by atoms with E-state index in [0.29, 0.717) is 12.1 Å². The summed E-state index contributed by atoms with van der Waals surface area (Å²) in [7, 11) is 0. The molecule has 0 aliphatic rings. The number of carbonyl (C=O) groups is 1. The van der Waals surface area contributed by atoms with E-state index in [9.17, 15) is 23.7 Å². The molecule has 1 aromatic carbocycles. The third kappa shape index (κ3) is 2.77. The van der Waals surface area contributed by atoms with Gasteiger partial charge in [-0.15, -0.1) is 0 Å². The summed E-state index contributed by atoms with van der Waals surface area (Å²) in [4.78, 5) is 20.9. The predicted molar refractivity (Wildman–Crippen MR) is 57.0 cm³/mol. The molecule has 98 valence electrons. The van der Waals surface area contributed by atoms with Crippen LogP contribution in [-0.4, -0.2) is 28.6 Å². The van der Waals surface area contributed by atoms with Crippen LogP contribution < -0.4 is 5.32 Å². The Morgan fingerprint density at radius 3 is 2.67 bits per heavy atom. The fourth-order valence-electron chi connectivity index (χ4n) is 1.23. The SMILES string of the molecule is C[C@H](CO)NC(=O)c1c(F)ccc([N+](=O)[O-])c1F. The van der Waals surface area contributed by atoms with Crippen molar-refractivity contribution in [2.75, 3.05) is 6.61 Å². The molecular formula is C10H10F2N2O4. The maximum absolute atomic E-state index is 13.6. The van der Waals surface area contributed by atoms with Crippen LogP contribution in [0.1, 0.15) is 17.3 Å². The zero-order chi connectivity index (χ0) is 13.9. The second kappa shape index (κ2) is 5.50. The standard InChI is InChI=1S/C10H10F2N2O4/c1-5(4-15)13-10(16)8-6(11)2-3-7(9(8)12)14(17)18/h2-3,5,15H,4H2,1H3,(H,13,16)/t5-/m1/s1. The minimum Gasteiger partial charge on any atom is -0.394 e. The van der Waals surface area contributed by atoms with Crippen molar-refractivity contribution in [3.63, 3.8) is 0 Å². The van der Waals surface area contributed by atoms with Crippen LogP contribution in [0.3, 0.4) is 0 Å². The van der Waals surface area contributed by atoms with Crippen LogP contribution in [0.25, 0.3) is 0 Å². The molecule has 1 aromatic rings. The van der Waals surface area contributed by atoms with Gasteiger partial charge in [-0.3, -0.25) is 14.9 Å². The van der Waals surface area contributed by atoms with Crippen molar-refractivity contribution in [3.8, 4) is 0 Å². The molecule has 0 aromatic heterocycles. The lowest BCUT2D eigenvalue weighted by atomic mass is 10.1. The van der Waals surface area contributed by atoms with E-state index in [4.69, 9.17) is 5.11 Å². The molecule has 0 aliphatic carbocycles. The molecule has 0 radical (unpaired) electrons. The minimum atomic E-state index is -1.54. The molecule has 0 unspecified atom stereocenters. The van der Waals surface area contributed by atoms with E-state index in [1.54, 1.807) is 0 Å². The number of aliphatic hydroxyl groups excluding tert-OH is 1. The summed E-state index contributed by atoms with van der Waals surface area (Å²) >= 11 is 0. The number of halogens is 2. The first kappa shape index (κ1) is 14.0. The summed E-state index contributed by atoms with van der Waals surface area (Å²) in [5.74, 6) is -3.90. The van der Waals surface area contributed by atoms with Crippen molar-refractivity contribution < 1.29 is 23.6 Å². The lowest BCUT2D eigenvalue weighted by molar-refractivity contribution is -0.387. The number of hydrogen-bond donors (Lipinski definition) is 2. The van der Waals surface area contributed by atoms with E-state index >= 15 is 0 Å². The van der Waals surface area contributed by atoms with Gasteiger partial charge in [0.1, 0.15) is 11.4 Å². The minimum absolute atomic E-state index is 0.427. The first-order chi connectivity index (χ1) is 8.38. The molecule has 0 saturated carbocycles. The molecule has 0 fully saturated rings. The zero-order valence-electron chi connectivity index (χ0n) is 9.31. The molecular weight excluding hydrogens is 250 g/mol. The molecule has 18 heavy (non-hydrogen) atoms. The Balaban J connectivity index is 3.19. The van der Waals surface area contributed by atoms with Crippen LogP contribution in [0, 0.1) is 21.7 Å². The fourth-order valence-corrected chi connectivity index (χ4v) is 1.23. The van der Waals surface area contributed by atoms with E-state index in [1.165, 1.54) is 6.92 Å². The van der Waals surface area contributed by atoms with Crippen LogP contribution in [0.15, 0.2) is 12.1 Å². The lowest BCUT2D eigenvalue weighted by Gasteiger charge is -2.11. The third-order valence-corrected chi connectivity index (χ3v) is 2.15. The van der Waals surface area contributed by atoms with Crippen molar-refractivity contribution >= 4 is 11.6 Å². The van der Waals surface area contributed by atoms with E-state index in [-0.39, 0.29) is 0 Å². The average molecular weight is 260 g/mol. The molecule has 0 aliphatic heterocycles. The first-order valence-corrected chi connectivity index (χ1v) is 4.92. The van der Waals surface area contributed by atoms with Crippen molar-refractivity contribution in [2.45, 2.75) is 13.0 Å². The molecule has 8 heteroatoms. The van der Waals surface area contributed by atoms with Crippen molar-refractivity contribution in [2.24, 2.45) is 0 Å². The first-order valence-electron chi connectivity index (χ1n) is 4.92. The summed E-state index contributed by atoms with van der Waals surface area (Å²) in [6, 6.07) is 0.548. The summed E-state index contributed by atoms with van der Waals surface area (Å²) in [5.41, 5.74) is -2.03. The highest BCUT2D eigenvalue weighted by atomic mass is 19.1. The molecule has 6 nitrogen and oxygen atoms in total. The Morgan fingerprint density at radius 2 is 2.17 bits per heavy atom. The van der Waals surface area contributed by atoms with Gasteiger partial charge in [0.25, 0.3) is 5.91 Å². The number of aliphatic hydroxyl groups is 1. The van der Waals surface area contributed by atoms with E-state index in [2.05, 4.69) is 5.32 Å². The molecule has 0 bridgehead atoms. The van der Waals surface area contributed by atoms with Crippen LogP contribution >= 0.6 is 0 Å².